The molecule has 0 spiro atoms. The Morgan fingerprint density at radius 1 is 1.14 bits per heavy atom. The summed E-state index contributed by atoms with van der Waals surface area (Å²) in [6.45, 7) is 17.8. The van der Waals surface area contributed by atoms with Gasteiger partial charge in [0.1, 0.15) is 17.1 Å². The molecule has 1 aromatic carbocycles. The molecule has 3 nitrogen and oxygen atoms in total. The van der Waals surface area contributed by atoms with Crippen LogP contribution >= 0.6 is 0 Å². The Hall–Kier alpha value is -1.77. The summed E-state index contributed by atoms with van der Waals surface area (Å²) in [6.07, 6.45) is 0. The van der Waals surface area contributed by atoms with E-state index in [2.05, 4.69) is 6.58 Å². The predicted octanol–water partition coefficient (Wildman–Crippen LogP) is 4.36. The monoisotopic (exact) mass is 288 g/mol. The van der Waals surface area contributed by atoms with Gasteiger partial charge in [0, 0.05) is 11.1 Å². The maximum Gasteiger partial charge on any atom is 0.313 e. The molecule has 1 heterocycles. The molecule has 0 aliphatic carbocycles. The quantitative estimate of drug-likeness (QED) is 0.599. The molecule has 0 saturated heterocycles. The molecule has 0 radical (unpaired) electrons. The van der Waals surface area contributed by atoms with Crippen molar-refractivity contribution in [2.24, 2.45) is 5.92 Å². The molecule has 3 heteroatoms. The van der Waals surface area contributed by atoms with E-state index in [0.717, 1.165) is 33.6 Å². The highest BCUT2D eigenvalue weighted by atomic mass is 16.5. The molecule has 1 aliphatic rings. The van der Waals surface area contributed by atoms with Crippen LogP contribution in [0, 0.1) is 26.7 Å². The number of fused-ring (bicyclic) bond motifs is 1. The molecule has 114 valence electrons. The Labute approximate surface area is 127 Å². The molecule has 2 rings (SSSR count). The van der Waals surface area contributed by atoms with Gasteiger partial charge in [-0.05, 0) is 51.3 Å². The third kappa shape index (κ3) is 2.35. The molecule has 0 unspecified atom stereocenters. The standard InChI is InChI=1S/C18H24O3/c1-9(2)17(19)20-15-10(3)11(4)16-14(12(15)5)13(6)18(7,8)21-16/h9H,6H2,1-5,7-8H3. The van der Waals surface area contributed by atoms with Crippen molar-refractivity contribution in [3.05, 3.63) is 28.8 Å². The summed E-state index contributed by atoms with van der Waals surface area (Å²) >= 11 is 0. The van der Waals surface area contributed by atoms with Crippen LogP contribution in [0.5, 0.6) is 11.5 Å². The molecule has 0 fully saturated rings. The van der Waals surface area contributed by atoms with Crippen molar-refractivity contribution < 1.29 is 14.3 Å². The second-order valence-corrected chi connectivity index (χ2v) is 6.57. The molecular weight excluding hydrogens is 264 g/mol. The third-order valence-corrected chi connectivity index (χ3v) is 4.25. The van der Waals surface area contributed by atoms with Crippen LogP contribution in [-0.2, 0) is 4.79 Å². The number of carbonyl (C=O) groups excluding carboxylic acids is 1. The van der Waals surface area contributed by atoms with E-state index in [-0.39, 0.29) is 11.9 Å². The Balaban J connectivity index is 2.62. The Morgan fingerprint density at radius 2 is 1.71 bits per heavy atom. The zero-order valence-electron chi connectivity index (χ0n) is 14.0. The smallest absolute Gasteiger partial charge is 0.313 e. The fraction of sp³-hybridized carbons (Fsp3) is 0.500. The second-order valence-electron chi connectivity index (χ2n) is 6.57. The summed E-state index contributed by atoms with van der Waals surface area (Å²) in [5.74, 6) is 1.13. The minimum atomic E-state index is -0.426. The molecule has 0 N–H and O–H groups in total. The first kappa shape index (κ1) is 15.6. The predicted molar refractivity (Wildman–Crippen MR) is 84.9 cm³/mol. The molecule has 0 amide bonds. The van der Waals surface area contributed by atoms with Crippen molar-refractivity contribution in [1.82, 2.24) is 0 Å². The van der Waals surface area contributed by atoms with Gasteiger partial charge in [-0.3, -0.25) is 4.79 Å². The zero-order valence-corrected chi connectivity index (χ0v) is 14.0. The maximum absolute atomic E-state index is 12.0. The Bertz CT molecular complexity index is 637. The number of carbonyl (C=O) groups is 1. The number of benzene rings is 1. The summed E-state index contributed by atoms with van der Waals surface area (Å²) in [4.78, 5) is 12.0. The van der Waals surface area contributed by atoms with Gasteiger partial charge in [0.15, 0.2) is 0 Å². The van der Waals surface area contributed by atoms with Crippen molar-refractivity contribution in [3.8, 4) is 11.5 Å². The number of ether oxygens (including phenoxy) is 2. The van der Waals surface area contributed by atoms with Gasteiger partial charge in [-0.2, -0.15) is 0 Å². The minimum absolute atomic E-state index is 0.159. The molecular formula is C18H24O3. The van der Waals surface area contributed by atoms with Crippen molar-refractivity contribution >= 4 is 11.5 Å². The van der Waals surface area contributed by atoms with Gasteiger partial charge in [0.05, 0.1) is 5.92 Å². The highest BCUT2D eigenvalue weighted by molar-refractivity contribution is 5.85. The average molecular weight is 288 g/mol. The summed E-state index contributed by atoms with van der Waals surface area (Å²) in [6, 6.07) is 0. The number of hydrogen-bond donors (Lipinski definition) is 0. The summed E-state index contributed by atoms with van der Waals surface area (Å²) in [5, 5.41) is 0. The van der Waals surface area contributed by atoms with Crippen LogP contribution in [0.3, 0.4) is 0 Å². The summed E-state index contributed by atoms with van der Waals surface area (Å²) in [5.41, 5.74) is 4.37. The first-order chi connectivity index (χ1) is 9.58. The highest BCUT2D eigenvalue weighted by Crippen LogP contribution is 2.50. The maximum atomic E-state index is 12.0. The minimum Gasteiger partial charge on any atom is -0.482 e. The fourth-order valence-corrected chi connectivity index (χ4v) is 2.57. The van der Waals surface area contributed by atoms with Gasteiger partial charge in [-0.25, -0.2) is 0 Å². The van der Waals surface area contributed by atoms with Crippen LogP contribution in [0.1, 0.15) is 49.9 Å². The number of hydrogen-bond acceptors (Lipinski definition) is 3. The van der Waals surface area contributed by atoms with Crippen molar-refractivity contribution in [3.63, 3.8) is 0 Å². The third-order valence-electron chi connectivity index (χ3n) is 4.25. The topological polar surface area (TPSA) is 35.5 Å². The lowest BCUT2D eigenvalue weighted by atomic mass is 9.89. The molecule has 1 aromatic rings. The van der Waals surface area contributed by atoms with E-state index >= 15 is 0 Å². The van der Waals surface area contributed by atoms with Crippen LogP contribution in [0.15, 0.2) is 6.58 Å². The van der Waals surface area contributed by atoms with Gasteiger partial charge >= 0.3 is 5.97 Å². The average Bonchev–Trinajstić information content (AvgIpc) is 2.63. The molecule has 21 heavy (non-hydrogen) atoms. The van der Waals surface area contributed by atoms with Gasteiger partial charge < -0.3 is 9.47 Å². The van der Waals surface area contributed by atoms with Crippen molar-refractivity contribution in [2.45, 2.75) is 54.1 Å². The van der Waals surface area contributed by atoms with Gasteiger partial charge in [0.25, 0.3) is 0 Å². The van der Waals surface area contributed by atoms with Gasteiger partial charge in [-0.15, -0.1) is 0 Å². The van der Waals surface area contributed by atoms with Gasteiger partial charge in [0.2, 0.25) is 0 Å². The first-order valence-electron chi connectivity index (χ1n) is 7.32. The van der Waals surface area contributed by atoms with Crippen LogP contribution in [-0.4, -0.2) is 11.6 Å². The number of esters is 1. The van der Waals surface area contributed by atoms with E-state index in [0.29, 0.717) is 5.75 Å². The SMILES string of the molecule is C=C1c2c(C)c(OC(=O)C(C)C)c(C)c(C)c2OC1(C)C. The van der Waals surface area contributed by atoms with Crippen molar-refractivity contribution in [1.29, 1.82) is 0 Å². The van der Waals surface area contributed by atoms with Crippen LogP contribution in [0.2, 0.25) is 0 Å². The fourth-order valence-electron chi connectivity index (χ4n) is 2.57. The van der Waals surface area contributed by atoms with E-state index in [4.69, 9.17) is 9.47 Å². The van der Waals surface area contributed by atoms with E-state index in [1.54, 1.807) is 0 Å². The Kier molecular flexibility index (Phi) is 3.64. The molecule has 0 saturated carbocycles. The lowest BCUT2D eigenvalue weighted by Crippen LogP contribution is -2.23. The largest absolute Gasteiger partial charge is 0.482 e. The zero-order chi connectivity index (χ0) is 16.1. The number of rotatable bonds is 2. The van der Waals surface area contributed by atoms with E-state index in [1.807, 2.05) is 48.5 Å². The highest BCUT2D eigenvalue weighted by Gasteiger charge is 2.38. The van der Waals surface area contributed by atoms with E-state index in [1.165, 1.54) is 0 Å². The molecule has 0 atom stereocenters. The first-order valence-corrected chi connectivity index (χ1v) is 7.32. The van der Waals surface area contributed by atoms with Gasteiger partial charge in [-0.1, -0.05) is 20.4 Å². The van der Waals surface area contributed by atoms with E-state index in [9.17, 15) is 4.79 Å². The lowest BCUT2D eigenvalue weighted by Gasteiger charge is -2.19. The molecule has 0 aromatic heterocycles. The van der Waals surface area contributed by atoms with Crippen LogP contribution in [0.4, 0.5) is 0 Å². The Morgan fingerprint density at radius 3 is 2.24 bits per heavy atom. The summed E-state index contributed by atoms with van der Waals surface area (Å²) < 4.78 is 11.7. The van der Waals surface area contributed by atoms with E-state index < -0.39 is 5.60 Å². The molecule has 0 bridgehead atoms. The molecule has 1 aliphatic heterocycles. The normalized spacial score (nSPS) is 15.9. The van der Waals surface area contributed by atoms with Crippen LogP contribution < -0.4 is 9.47 Å². The van der Waals surface area contributed by atoms with Crippen molar-refractivity contribution in [2.75, 3.05) is 0 Å². The lowest BCUT2D eigenvalue weighted by molar-refractivity contribution is -0.137. The second kappa shape index (κ2) is 4.90. The summed E-state index contributed by atoms with van der Waals surface area (Å²) in [7, 11) is 0. The van der Waals surface area contributed by atoms with Crippen LogP contribution in [0.25, 0.3) is 5.57 Å².